The highest BCUT2D eigenvalue weighted by Crippen LogP contribution is 2.20. The van der Waals surface area contributed by atoms with Gasteiger partial charge in [0.25, 0.3) is 5.91 Å². The molecule has 0 aliphatic carbocycles. The molecule has 2 aliphatic rings. The van der Waals surface area contributed by atoms with Gasteiger partial charge in [-0.3, -0.25) is 19.6 Å². The lowest BCUT2D eigenvalue weighted by molar-refractivity contribution is 0.0782. The van der Waals surface area contributed by atoms with Crippen LogP contribution in [0.3, 0.4) is 0 Å². The minimum absolute atomic E-state index is 0.0838. The fraction of sp³-hybridized carbons (Fsp3) is 0.458. The van der Waals surface area contributed by atoms with Crippen LogP contribution in [-0.4, -0.2) is 74.2 Å². The average molecular weight is 419 g/mol. The number of aromatic nitrogens is 3. The predicted molar refractivity (Wildman–Crippen MR) is 120 cm³/mol. The Morgan fingerprint density at radius 1 is 0.935 bits per heavy atom. The Morgan fingerprint density at radius 2 is 1.68 bits per heavy atom. The van der Waals surface area contributed by atoms with Gasteiger partial charge in [-0.05, 0) is 43.5 Å². The zero-order valence-corrected chi connectivity index (χ0v) is 18.2. The van der Waals surface area contributed by atoms with Gasteiger partial charge >= 0.3 is 0 Å². The van der Waals surface area contributed by atoms with Crippen molar-refractivity contribution in [2.45, 2.75) is 32.9 Å². The molecule has 0 saturated carbocycles. The summed E-state index contributed by atoms with van der Waals surface area (Å²) in [6.07, 6.45) is 6.08. The van der Waals surface area contributed by atoms with Gasteiger partial charge in [-0.1, -0.05) is 12.1 Å². The normalized spacial score (nSPS) is 18.2. The van der Waals surface area contributed by atoms with E-state index < -0.39 is 0 Å². The molecule has 5 heterocycles. The van der Waals surface area contributed by atoms with Gasteiger partial charge in [-0.25, -0.2) is 4.98 Å². The average Bonchev–Trinajstić information content (AvgIpc) is 3.45. The summed E-state index contributed by atoms with van der Waals surface area (Å²) in [6, 6.07) is 10.1. The molecule has 0 bridgehead atoms. The number of carbonyl (C=O) groups excluding carboxylic acids is 1. The fourth-order valence-corrected chi connectivity index (χ4v) is 4.65. The second kappa shape index (κ2) is 8.77. The maximum Gasteiger partial charge on any atom is 0.274 e. The molecule has 3 aromatic heterocycles. The molecule has 0 atom stereocenters. The van der Waals surface area contributed by atoms with Crippen molar-refractivity contribution in [3.05, 3.63) is 65.4 Å². The first kappa shape index (κ1) is 20.2. The Hall–Kier alpha value is -2.77. The summed E-state index contributed by atoms with van der Waals surface area (Å²) < 4.78 is 2.09. The van der Waals surface area contributed by atoms with E-state index in [1.54, 1.807) is 0 Å². The Labute approximate surface area is 183 Å². The molecule has 3 aromatic rings. The van der Waals surface area contributed by atoms with Gasteiger partial charge in [0.1, 0.15) is 5.65 Å². The molecule has 2 fully saturated rings. The van der Waals surface area contributed by atoms with Gasteiger partial charge in [-0.2, -0.15) is 0 Å². The number of likely N-dealkylation sites (tertiary alicyclic amines) is 1. The van der Waals surface area contributed by atoms with Crippen LogP contribution in [-0.2, 0) is 13.1 Å². The minimum atomic E-state index is 0.0838. The van der Waals surface area contributed by atoms with Crippen LogP contribution in [0.25, 0.3) is 5.65 Å². The number of rotatable bonds is 5. The minimum Gasteiger partial charge on any atom is -0.337 e. The first-order chi connectivity index (χ1) is 15.2. The highest BCUT2D eigenvalue weighted by molar-refractivity contribution is 5.94. The molecule has 0 spiro atoms. The molecule has 0 radical (unpaired) electrons. The van der Waals surface area contributed by atoms with Crippen molar-refractivity contribution in [1.82, 2.24) is 29.1 Å². The van der Waals surface area contributed by atoms with E-state index in [-0.39, 0.29) is 5.91 Å². The molecule has 2 saturated heterocycles. The molecular formula is C24H30N6O. The van der Waals surface area contributed by atoms with Crippen LogP contribution in [0.1, 0.15) is 40.3 Å². The summed E-state index contributed by atoms with van der Waals surface area (Å²) in [5.74, 6) is 0.0838. The third kappa shape index (κ3) is 4.20. The second-order valence-corrected chi connectivity index (χ2v) is 8.65. The highest BCUT2D eigenvalue weighted by atomic mass is 16.2. The molecule has 31 heavy (non-hydrogen) atoms. The number of fused-ring (bicyclic) bond motifs is 1. The second-order valence-electron chi connectivity index (χ2n) is 8.65. The smallest absolute Gasteiger partial charge is 0.274 e. The van der Waals surface area contributed by atoms with Crippen molar-refractivity contribution < 1.29 is 4.79 Å². The molecule has 7 nitrogen and oxygen atoms in total. The number of aryl methyl sites for hydroxylation is 1. The number of hydrogen-bond donors (Lipinski definition) is 0. The van der Waals surface area contributed by atoms with Gasteiger partial charge in [0.05, 0.1) is 11.4 Å². The molecule has 7 heteroatoms. The molecule has 0 unspecified atom stereocenters. The Balaban J connectivity index is 1.30. The molecule has 162 valence electrons. The van der Waals surface area contributed by atoms with Gasteiger partial charge in [-0.15, -0.1) is 0 Å². The number of nitrogens with zero attached hydrogens (tertiary/aromatic N) is 6. The zero-order valence-electron chi connectivity index (χ0n) is 18.2. The van der Waals surface area contributed by atoms with E-state index in [1.165, 1.54) is 5.56 Å². The van der Waals surface area contributed by atoms with E-state index in [1.807, 2.05) is 41.6 Å². The Morgan fingerprint density at radius 3 is 2.42 bits per heavy atom. The van der Waals surface area contributed by atoms with Crippen LogP contribution < -0.4 is 0 Å². The molecule has 2 aliphatic heterocycles. The zero-order chi connectivity index (χ0) is 21.2. The van der Waals surface area contributed by atoms with Gasteiger partial charge < -0.3 is 9.30 Å². The number of hydrogen-bond acceptors (Lipinski definition) is 5. The van der Waals surface area contributed by atoms with Crippen LogP contribution in [0, 0.1) is 6.92 Å². The van der Waals surface area contributed by atoms with E-state index in [0.717, 1.165) is 82.2 Å². The lowest BCUT2D eigenvalue weighted by Gasteiger charge is -2.34. The van der Waals surface area contributed by atoms with Crippen molar-refractivity contribution in [1.29, 1.82) is 0 Å². The third-order valence-electron chi connectivity index (χ3n) is 6.55. The van der Waals surface area contributed by atoms with Crippen LogP contribution in [0.5, 0.6) is 0 Å². The summed E-state index contributed by atoms with van der Waals surface area (Å²) >= 11 is 0. The summed E-state index contributed by atoms with van der Waals surface area (Å²) in [5.41, 5.74) is 4.91. The molecule has 0 aromatic carbocycles. The van der Waals surface area contributed by atoms with Crippen molar-refractivity contribution >= 4 is 11.6 Å². The van der Waals surface area contributed by atoms with Crippen molar-refractivity contribution in [2.75, 3.05) is 39.3 Å². The van der Waals surface area contributed by atoms with Gasteiger partial charge in [0.2, 0.25) is 0 Å². The topological polar surface area (TPSA) is 57.0 Å². The largest absolute Gasteiger partial charge is 0.337 e. The van der Waals surface area contributed by atoms with Crippen LogP contribution in [0.4, 0.5) is 0 Å². The highest BCUT2D eigenvalue weighted by Gasteiger charge is 2.27. The molecule has 0 N–H and O–H groups in total. The number of piperazine rings is 1. The number of amides is 1. The van der Waals surface area contributed by atoms with Crippen molar-refractivity contribution in [3.8, 4) is 0 Å². The maximum absolute atomic E-state index is 13.2. The molecular weight excluding hydrogens is 388 g/mol. The third-order valence-corrected chi connectivity index (χ3v) is 6.55. The summed E-state index contributed by atoms with van der Waals surface area (Å²) in [7, 11) is 0. The molecule has 1 amide bonds. The fourth-order valence-electron chi connectivity index (χ4n) is 4.65. The quantitative estimate of drug-likeness (QED) is 0.638. The van der Waals surface area contributed by atoms with Crippen LogP contribution >= 0.6 is 0 Å². The van der Waals surface area contributed by atoms with E-state index >= 15 is 0 Å². The lowest BCUT2D eigenvalue weighted by atomic mass is 10.2. The van der Waals surface area contributed by atoms with Gasteiger partial charge in [0.15, 0.2) is 5.69 Å². The SMILES string of the molecule is Cc1cccnc1CN1CCN(Cc2c(C(=O)N3CCCC3)nc3ccccn23)CC1. The first-order valence-corrected chi connectivity index (χ1v) is 11.3. The van der Waals surface area contributed by atoms with Gasteiger partial charge in [0, 0.05) is 64.8 Å². The monoisotopic (exact) mass is 418 g/mol. The number of imidazole rings is 1. The summed E-state index contributed by atoms with van der Waals surface area (Å²) in [4.78, 5) is 29.3. The van der Waals surface area contributed by atoms with E-state index in [0.29, 0.717) is 5.69 Å². The van der Waals surface area contributed by atoms with E-state index in [9.17, 15) is 4.79 Å². The standard InChI is InChI=1S/C24H30N6O/c1-19-7-6-9-25-20(19)17-27-13-15-28(16-14-27)18-21-23(24(31)29-10-4-5-11-29)26-22-8-2-3-12-30(21)22/h2-3,6-9,12H,4-5,10-11,13-18H2,1H3. The van der Waals surface area contributed by atoms with E-state index in [4.69, 9.17) is 4.98 Å². The lowest BCUT2D eigenvalue weighted by Crippen LogP contribution is -2.46. The van der Waals surface area contributed by atoms with Crippen molar-refractivity contribution in [3.63, 3.8) is 0 Å². The first-order valence-electron chi connectivity index (χ1n) is 11.3. The number of pyridine rings is 2. The predicted octanol–water partition coefficient (Wildman–Crippen LogP) is 2.59. The molecule has 5 rings (SSSR count). The number of carbonyl (C=O) groups is 1. The Bertz CT molecular complexity index is 1060. The van der Waals surface area contributed by atoms with Crippen molar-refractivity contribution in [2.24, 2.45) is 0 Å². The van der Waals surface area contributed by atoms with Crippen LogP contribution in [0.15, 0.2) is 42.7 Å². The Kier molecular flexibility index (Phi) is 5.70. The summed E-state index contributed by atoms with van der Waals surface area (Å²) in [6.45, 7) is 9.42. The maximum atomic E-state index is 13.2. The van der Waals surface area contributed by atoms with Crippen LogP contribution in [0.2, 0.25) is 0 Å². The summed E-state index contributed by atoms with van der Waals surface area (Å²) in [5, 5.41) is 0. The van der Waals surface area contributed by atoms with E-state index in [2.05, 4.69) is 32.2 Å².